The van der Waals surface area contributed by atoms with Crippen LogP contribution in [0.1, 0.15) is 17.3 Å². The van der Waals surface area contributed by atoms with Gasteiger partial charge in [0.1, 0.15) is 12.4 Å². The minimum Gasteiger partial charge on any atom is -0.871 e. The molecule has 6 N–H and O–H groups in total. The first kappa shape index (κ1) is 42.9. The number of benzene rings is 1. The van der Waals surface area contributed by atoms with E-state index in [2.05, 4.69) is 15.3 Å². The number of piperazine rings is 1. The maximum atomic E-state index is 14.5. The Morgan fingerprint density at radius 3 is 1.83 bits per heavy atom. The monoisotopic (exact) mass is 698 g/mol. The van der Waals surface area contributed by atoms with Gasteiger partial charge in [-0.3, -0.25) is 9.97 Å². The number of carbonyl (C=O) groups is 1. The van der Waals surface area contributed by atoms with E-state index in [4.69, 9.17) is 30.6 Å². The number of carboxylic acid groups (broad SMARTS) is 1. The van der Waals surface area contributed by atoms with E-state index in [-0.39, 0.29) is 33.4 Å². The van der Waals surface area contributed by atoms with Gasteiger partial charge in [0, 0.05) is 23.8 Å². The van der Waals surface area contributed by atoms with E-state index in [1.165, 1.54) is 6.20 Å². The number of anilines is 1. The van der Waals surface area contributed by atoms with Crippen molar-refractivity contribution in [3.05, 3.63) is 109 Å². The number of nitrogens with two attached hydrogens (primary N) is 1. The van der Waals surface area contributed by atoms with Crippen LogP contribution in [-0.2, 0) is 23.6 Å². The fourth-order valence-corrected chi connectivity index (χ4v) is 4.07. The molecule has 5 rings (SSSR count). The average molecular weight is 699 g/mol. The number of halogens is 1. The van der Waals surface area contributed by atoms with Crippen LogP contribution in [-0.4, -0.2) is 63.2 Å². The SMILES string of the molecule is CC[n+]1cc(C(=O)[O-])c([O-])c2cc(F)c(N3CC[NH2+]CC3)cc21.O.O.O=[N+]([O-])[O-].O=[N+]([O-])[O-].[Cu+2].c1ccc(-c2ccccn2)nc1. The Morgan fingerprint density at radius 1 is 0.957 bits per heavy atom. The largest absolute Gasteiger partial charge is 2.00 e. The normalized spacial score (nSPS) is 11.1. The molecule has 1 fully saturated rings. The number of aromatic nitrogens is 3. The Bertz CT molecular complexity index is 1480. The Hall–Kier alpha value is -5.27. The number of hydrogen-bond acceptors (Lipinski definition) is 12. The van der Waals surface area contributed by atoms with Gasteiger partial charge >= 0.3 is 17.1 Å². The van der Waals surface area contributed by atoms with Gasteiger partial charge in [-0.25, -0.2) is 4.39 Å². The molecule has 253 valence electrons. The molecular weight excluding hydrogens is 669 g/mol. The van der Waals surface area contributed by atoms with Crippen LogP contribution < -0.4 is 25.0 Å². The second-order valence-corrected chi connectivity index (χ2v) is 8.50. The van der Waals surface area contributed by atoms with Crippen molar-refractivity contribution in [3.8, 4) is 17.1 Å². The molecular formula is C26H30CuFN7O11. The number of carbonyl (C=O) groups excluding carboxylic acids is 1. The van der Waals surface area contributed by atoms with E-state index >= 15 is 0 Å². The Labute approximate surface area is 270 Å². The predicted molar refractivity (Wildman–Crippen MR) is 153 cm³/mol. The summed E-state index contributed by atoms with van der Waals surface area (Å²) < 4.78 is 16.1. The van der Waals surface area contributed by atoms with E-state index in [9.17, 15) is 19.4 Å². The molecule has 18 nitrogen and oxygen atoms in total. The van der Waals surface area contributed by atoms with Crippen molar-refractivity contribution < 1.29 is 67.5 Å². The standard InChI is InChI=1S/C16H18FN3O3.C10H8N2.Cu.2NO3.2H2O/c1-2-19-9-11(16(22)23)15(21)10-7-12(17)14(8-13(10)19)20-5-3-18-4-6-20;1-3-7-11-9(5-1)10-6-2-4-8-12-10;;2*2-1(3)4;;/h7-9,18H,2-6H2,1H3,(H,22,23);1-8H;;;;2*1H2/q;;+2;2*-1;;. The number of quaternary nitrogens is 1. The van der Waals surface area contributed by atoms with Crippen LogP contribution >= 0.6 is 0 Å². The fraction of sp³-hybridized carbons (Fsp3) is 0.231. The van der Waals surface area contributed by atoms with E-state index in [1.807, 2.05) is 48.2 Å². The van der Waals surface area contributed by atoms with E-state index in [0.717, 1.165) is 43.6 Å². The summed E-state index contributed by atoms with van der Waals surface area (Å²) >= 11 is 0. The number of hydrogen-bond donors (Lipinski definition) is 1. The summed E-state index contributed by atoms with van der Waals surface area (Å²) in [7, 11) is 0. The van der Waals surface area contributed by atoms with Crippen LogP contribution in [0.15, 0.2) is 67.1 Å². The van der Waals surface area contributed by atoms with Crippen LogP contribution in [0.5, 0.6) is 5.75 Å². The maximum Gasteiger partial charge on any atom is 2.00 e. The molecule has 0 saturated carbocycles. The molecule has 46 heavy (non-hydrogen) atoms. The number of fused-ring (bicyclic) bond motifs is 1. The van der Waals surface area contributed by atoms with Gasteiger partial charge in [-0.2, -0.15) is 4.57 Å². The molecule has 20 heteroatoms. The summed E-state index contributed by atoms with van der Waals surface area (Å²) in [5, 5.41) is 55.1. The van der Waals surface area contributed by atoms with Crippen molar-refractivity contribution in [3.63, 3.8) is 0 Å². The molecule has 1 aliphatic rings. The van der Waals surface area contributed by atoms with Gasteiger partial charge in [0.2, 0.25) is 5.52 Å². The smallest absolute Gasteiger partial charge is 0.871 e. The number of carboxylic acids is 1. The summed E-state index contributed by atoms with van der Waals surface area (Å²) in [5.74, 6) is -2.76. The molecule has 0 atom stereocenters. The number of nitrogens with zero attached hydrogens (tertiary/aromatic N) is 6. The molecule has 1 aliphatic heterocycles. The van der Waals surface area contributed by atoms with Crippen molar-refractivity contribution in [1.29, 1.82) is 0 Å². The van der Waals surface area contributed by atoms with Crippen LogP contribution in [0.3, 0.4) is 0 Å². The maximum absolute atomic E-state index is 14.5. The van der Waals surface area contributed by atoms with Gasteiger partial charge in [-0.15, -0.1) is 0 Å². The number of pyridine rings is 3. The molecule has 0 aliphatic carbocycles. The second-order valence-electron chi connectivity index (χ2n) is 8.50. The summed E-state index contributed by atoms with van der Waals surface area (Å²) in [6.45, 7) is 5.55. The van der Waals surface area contributed by atoms with E-state index < -0.39 is 33.3 Å². The van der Waals surface area contributed by atoms with E-state index in [0.29, 0.717) is 17.7 Å². The van der Waals surface area contributed by atoms with Gasteiger partial charge in [0.05, 0.1) is 65.0 Å². The fourth-order valence-electron chi connectivity index (χ4n) is 4.07. The quantitative estimate of drug-likeness (QED) is 0.106. The van der Waals surface area contributed by atoms with Gasteiger partial charge in [0.25, 0.3) is 0 Å². The van der Waals surface area contributed by atoms with Crippen molar-refractivity contribution in [2.24, 2.45) is 0 Å². The van der Waals surface area contributed by atoms with Crippen molar-refractivity contribution in [2.75, 3.05) is 31.1 Å². The first-order valence-corrected chi connectivity index (χ1v) is 12.6. The van der Waals surface area contributed by atoms with Crippen molar-refractivity contribution in [2.45, 2.75) is 13.5 Å². The third-order valence-corrected chi connectivity index (χ3v) is 5.85. The summed E-state index contributed by atoms with van der Waals surface area (Å²) in [5.41, 5.74) is 2.37. The van der Waals surface area contributed by atoms with Gasteiger partial charge in [-0.05, 0) is 37.3 Å². The molecule has 0 spiro atoms. The van der Waals surface area contributed by atoms with Gasteiger partial charge < -0.3 is 66.8 Å². The Morgan fingerprint density at radius 2 is 1.43 bits per heavy atom. The molecule has 4 aromatic rings. The molecule has 3 aromatic heterocycles. The number of aryl methyl sites for hydroxylation is 1. The third-order valence-electron chi connectivity index (χ3n) is 5.85. The second kappa shape index (κ2) is 21.4. The zero-order valence-corrected chi connectivity index (χ0v) is 24.9. The molecule has 1 radical (unpaired) electrons. The first-order valence-electron chi connectivity index (χ1n) is 12.6. The topological polar surface area (TPSA) is 308 Å². The summed E-state index contributed by atoms with van der Waals surface area (Å²) in [6, 6.07) is 14.4. The zero-order chi connectivity index (χ0) is 31.9. The molecule has 1 saturated heterocycles. The van der Waals surface area contributed by atoms with Crippen LogP contribution in [0.4, 0.5) is 10.1 Å². The Balaban J connectivity index is 0. The van der Waals surface area contributed by atoms with Gasteiger partial charge in [-0.1, -0.05) is 17.9 Å². The molecule has 4 heterocycles. The first-order chi connectivity index (χ1) is 20.5. The van der Waals surface area contributed by atoms with Gasteiger partial charge in [0.15, 0.2) is 6.20 Å². The minimum atomic E-state index is -1.75. The number of rotatable bonds is 4. The zero-order valence-electron chi connectivity index (χ0n) is 24.0. The summed E-state index contributed by atoms with van der Waals surface area (Å²) in [4.78, 5) is 37.9. The third kappa shape index (κ3) is 13.2. The number of aromatic carboxylic acids is 1. The van der Waals surface area contributed by atoms with Crippen molar-refractivity contribution >= 4 is 22.6 Å². The average Bonchev–Trinajstić information content (AvgIpc) is 2.98. The van der Waals surface area contributed by atoms with Crippen LogP contribution in [0.25, 0.3) is 22.3 Å². The molecule has 0 unspecified atom stereocenters. The summed E-state index contributed by atoms with van der Waals surface area (Å²) in [6.07, 6.45) is 4.81. The molecule has 1 aromatic carbocycles. The van der Waals surface area contributed by atoms with E-state index in [1.54, 1.807) is 23.0 Å². The molecule has 0 bridgehead atoms. The van der Waals surface area contributed by atoms with Crippen LogP contribution in [0.2, 0.25) is 0 Å². The van der Waals surface area contributed by atoms with Crippen molar-refractivity contribution in [1.82, 2.24) is 9.97 Å². The Kier molecular flexibility index (Phi) is 20.0. The van der Waals surface area contributed by atoms with Crippen LogP contribution in [0, 0.1) is 36.5 Å². The molecule has 0 amide bonds. The predicted octanol–water partition coefficient (Wildman–Crippen LogP) is -1.88. The minimum absolute atomic E-state index is 0.